The number of rotatable bonds is 14. The van der Waals surface area contributed by atoms with Gasteiger partial charge in [0.05, 0.1) is 17.6 Å². The van der Waals surface area contributed by atoms with Crippen LogP contribution in [0.3, 0.4) is 0 Å². The summed E-state index contributed by atoms with van der Waals surface area (Å²) in [6, 6.07) is 8.82. The number of hydrogen-bond acceptors (Lipinski definition) is 10. The maximum absolute atomic E-state index is 13.4. The van der Waals surface area contributed by atoms with Crippen LogP contribution in [0.15, 0.2) is 30.6 Å². The Bertz CT molecular complexity index is 1910. The number of aryl methyl sites for hydroxylation is 2. The largest absolute Gasteiger partial charge is 0.444 e. The van der Waals surface area contributed by atoms with Gasteiger partial charge in [-0.15, -0.1) is 11.3 Å². The molecular formula is C41H61N7O4SSi2. The molecule has 0 unspecified atom stereocenters. The molecule has 3 aliphatic rings. The third kappa shape index (κ3) is 9.69. The van der Waals surface area contributed by atoms with Gasteiger partial charge in [0, 0.05) is 81.3 Å². The quantitative estimate of drug-likeness (QED) is 0.0700. The number of piperidine rings is 1. The van der Waals surface area contributed by atoms with Gasteiger partial charge in [0.15, 0.2) is 5.65 Å². The highest BCUT2D eigenvalue weighted by Gasteiger charge is 2.45. The molecule has 4 aromatic heterocycles. The molecule has 0 spiro atoms. The van der Waals surface area contributed by atoms with Gasteiger partial charge < -0.3 is 24.0 Å². The number of amides is 1. The number of pyridine rings is 1. The van der Waals surface area contributed by atoms with Gasteiger partial charge in [0.1, 0.15) is 29.9 Å². The number of nitrogens with zero attached hydrogens (tertiary/aromatic N) is 7. The number of ether oxygens (including phenoxy) is 3. The van der Waals surface area contributed by atoms with Crippen molar-refractivity contribution in [2.45, 2.75) is 141 Å². The highest BCUT2D eigenvalue weighted by atomic mass is 32.1. The van der Waals surface area contributed by atoms with Crippen molar-refractivity contribution in [3.63, 3.8) is 0 Å². The van der Waals surface area contributed by atoms with E-state index >= 15 is 0 Å². The Morgan fingerprint density at radius 1 is 0.927 bits per heavy atom. The Morgan fingerprint density at radius 3 is 2.18 bits per heavy atom. The van der Waals surface area contributed by atoms with Crippen LogP contribution in [-0.2, 0) is 27.1 Å². The molecular weight excluding hydrogens is 743 g/mol. The van der Waals surface area contributed by atoms with Crippen LogP contribution in [0.4, 0.5) is 10.6 Å². The summed E-state index contributed by atoms with van der Waals surface area (Å²) in [5.74, 6) is 1.08. The number of aromatic nitrogens is 5. The molecule has 55 heavy (non-hydrogen) atoms. The molecule has 4 aromatic rings. The Hall–Kier alpha value is -3.18. The van der Waals surface area contributed by atoms with Crippen molar-refractivity contribution >= 4 is 45.0 Å². The fourth-order valence-electron chi connectivity index (χ4n) is 7.89. The van der Waals surface area contributed by atoms with Crippen LogP contribution >= 0.6 is 11.3 Å². The summed E-state index contributed by atoms with van der Waals surface area (Å²) in [7, 11) is -2.55. The molecule has 14 heteroatoms. The molecule has 2 bridgehead atoms. The van der Waals surface area contributed by atoms with E-state index in [4.69, 9.17) is 34.3 Å². The Kier molecular flexibility index (Phi) is 11.6. The third-order valence-electron chi connectivity index (χ3n) is 10.9. The maximum Gasteiger partial charge on any atom is 0.410 e. The summed E-state index contributed by atoms with van der Waals surface area (Å²) in [5, 5.41) is 5.96. The van der Waals surface area contributed by atoms with Crippen molar-refractivity contribution in [1.29, 1.82) is 0 Å². The van der Waals surface area contributed by atoms with E-state index in [9.17, 15) is 4.79 Å². The van der Waals surface area contributed by atoms with Gasteiger partial charge in [0.2, 0.25) is 0 Å². The number of hydrogen-bond donors (Lipinski definition) is 0. The van der Waals surface area contributed by atoms with Crippen molar-refractivity contribution in [3.8, 4) is 21.8 Å². The van der Waals surface area contributed by atoms with Crippen molar-refractivity contribution in [1.82, 2.24) is 29.5 Å². The van der Waals surface area contributed by atoms with Crippen molar-refractivity contribution < 1.29 is 19.0 Å². The zero-order valence-corrected chi connectivity index (χ0v) is 37.3. The zero-order valence-electron chi connectivity index (χ0n) is 34.5. The third-order valence-corrected chi connectivity index (χ3v) is 15.5. The Labute approximate surface area is 333 Å². The first-order valence-corrected chi connectivity index (χ1v) is 28.5. The maximum atomic E-state index is 13.4. The lowest BCUT2D eigenvalue weighted by Gasteiger charge is -2.39. The van der Waals surface area contributed by atoms with Crippen LogP contribution in [0.25, 0.3) is 27.5 Å². The first kappa shape index (κ1) is 40.0. The van der Waals surface area contributed by atoms with Gasteiger partial charge in [-0.25, -0.2) is 14.8 Å². The van der Waals surface area contributed by atoms with E-state index in [1.807, 2.05) is 42.6 Å². The minimum absolute atomic E-state index is 0.124. The molecule has 0 N–H and O–H groups in total. The van der Waals surface area contributed by atoms with Crippen LogP contribution in [0, 0.1) is 0 Å². The highest BCUT2D eigenvalue weighted by molar-refractivity contribution is 7.15. The molecule has 0 saturated carbocycles. The summed E-state index contributed by atoms with van der Waals surface area (Å²) >= 11 is 1.77. The monoisotopic (exact) mass is 803 g/mol. The summed E-state index contributed by atoms with van der Waals surface area (Å²) in [6.07, 6.45) is 10.7. The van der Waals surface area contributed by atoms with Gasteiger partial charge in [-0.3, -0.25) is 4.98 Å². The summed E-state index contributed by atoms with van der Waals surface area (Å²) in [5.41, 5.74) is 5.30. The molecule has 0 radical (unpaired) electrons. The van der Waals surface area contributed by atoms with Crippen LogP contribution in [-0.4, -0.2) is 96.1 Å². The van der Waals surface area contributed by atoms with Crippen molar-refractivity contribution in [2.24, 2.45) is 0 Å². The molecule has 6 heterocycles. The lowest BCUT2D eigenvalue weighted by molar-refractivity contribution is 0.00568. The van der Waals surface area contributed by atoms with Crippen molar-refractivity contribution in [3.05, 3.63) is 46.9 Å². The second kappa shape index (κ2) is 16.0. The first-order valence-electron chi connectivity index (χ1n) is 20.3. The molecule has 2 fully saturated rings. The van der Waals surface area contributed by atoms with Gasteiger partial charge in [0.25, 0.3) is 0 Å². The molecule has 11 nitrogen and oxygen atoms in total. The standard InChI is InChI=1S/C41H61N7O4SSi2/c1-41(2,3)52-40(49)47-30-14-15-31(47)22-29(21-30)35-23-37(46(26-50-17-19-54(4,5)6)27-51-18-20-55(7,8)9)48-38(44-35)32(25-43-48)28-13-16-34(42-24-28)39-45-33-11-10-12-36(33)53-39/h13,16,23-25,29-31H,10-12,14-15,17-22,26-27H2,1-9H3/t29-,30-,31+. The molecule has 2 aliphatic heterocycles. The minimum Gasteiger partial charge on any atom is -0.444 e. The van der Waals surface area contributed by atoms with E-state index in [0.717, 1.165) is 89.6 Å². The summed E-state index contributed by atoms with van der Waals surface area (Å²) < 4.78 is 20.6. The number of carbonyl (C=O) groups excluding carboxylic acids is 1. The average molecular weight is 804 g/mol. The predicted molar refractivity (Wildman–Crippen MR) is 227 cm³/mol. The van der Waals surface area contributed by atoms with Gasteiger partial charge in [-0.2, -0.15) is 9.61 Å². The van der Waals surface area contributed by atoms with Crippen LogP contribution in [0.1, 0.15) is 75.1 Å². The molecule has 0 aromatic carbocycles. The van der Waals surface area contributed by atoms with E-state index in [0.29, 0.717) is 26.7 Å². The second-order valence-corrected chi connectivity index (χ2v) is 31.5. The minimum atomic E-state index is -1.28. The molecule has 3 atom stereocenters. The van der Waals surface area contributed by atoms with E-state index in [2.05, 4.69) is 62.4 Å². The lowest BCUT2D eigenvalue weighted by Crippen LogP contribution is -2.48. The van der Waals surface area contributed by atoms with Crippen molar-refractivity contribution in [2.75, 3.05) is 31.6 Å². The Balaban J connectivity index is 1.23. The number of thiazole rings is 1. The summed E-state index contributed by atoms with van der Waals surface area (Å²) in [6.45, 7) is 22.3. The topological polar surface area (TPSA) is 107 Å². The van der Waals surface area contributed by atoms with E-state index in [-0.39, 0.29) is 24.1 Å². The highest BCUT2D eigenvalue weighted by Crippen LogP contribution is 2.44. The molecule has 7 rings (SSSR count). The van der Waals surface area contributed by atoms with Crippen LogP contribution in [0.2, 0.25) is 51.4 Å². The van der Waals surface area contributed by atoms with E-state index < -0.39 is 21.7 Å². The molecule has 1 aliphatic carbocycles. The average Bonchev–Trinajstić information content (AvgIpc) is 3.88. The predicted octanol–water partition coefficient (Wildman–Crippen LogP) is 9.48. The molecule has 298 valence electrons. The molecule has 1 amide bonds. The zero-order chi connectivity index (χ0) is 39.1. The smallest absolute Gasteiger partial charge is 0.410 e. The number of fused-ring (bicyclic) bond motifs is 4. The number of anilines is 1. The van der Waals surface area contributed by atoms with Crippen LogP contribution in [0.5, 0.6) is 0 Å². The van der Waals surface area contributed by atoms with Crippen LogP contribution < -0.4 is 4.90 Å². The number of carbonyl (C=O) groups is 1. The van der Waals surface area contributed by atoms with Gasteiger partial charge >= 0.3 is 6.09 Å². The lowest BCUT2D eigenvalue weighted by atomic mass is 9.88. The second-order valence-electron chi connectivity index (χ2n) is 19.2. The normalized spacial score (nSPS) is 20.0. The molecule has 2 saturated heterocycles. The fourth-order valence-corrected chi connectivity index (χ4v) is 10.5. The fraction of sp³-hybridized carbons (Fsp3) is 0.634. The SMILES string of the molecule is CC(C)(C)OC(=O)N1[C@@H]2CC[C@H]1C[C@H](c1cc(N(COCC[Si](C)(C)C)COCC[Si](C)(C)C)n3ncc(-c4ccc(-c5nc6c(s5)CCC6)nc4)c3n1)C2. The van der Waals surface area contributed by atoms with Gasteiger partial charge in [-0.05, 0) is 83.9 Å². The Morgan fingerprint density at radius 2 is 1.60 bits per heavy atom. The van der Waals surface area contributed by atoms with Gasteiger partial charge in [-0.1, -0.05) is 45.3 Å². The van der Waals surface area contributed by atoms with E-state index in [1.165, 1.54) is 17.0 Å². The first-order chi connectivity index (χ1) is 26.0. The summed E-state index contributed by atoms with van der Waals surface area (Å²) in [4.78, 5) is 34.2. The van der Waals surface area contributed by atoms with E-state index in [1.54, 1.807) is 11.3 Å².